The number of ether oxygens (including phenoxy) is 1. The maximum absolute atomic E-state index is 12.6. The van der Waals surface area contributed by atoms with Gasteiger partial charge in [-0.3, -0.25) is 19.3 Å². The number of fused-ring (bicyclic) bond motifs is 2. The molecule has 0 fully saturated rings. The maximum Gasteiger partial charge on any atom is 0.291 e. The van der Waals surface area contributed by atoms with Gasteiger partial charge in [-0.2, -0.15) is 0 Å². The van der Waals surface area contributed by atoms with Crippen LogP contribution in [0.5, 0.6) is 5.75 Å². The molecule has 0 atom stereocenters. The molecule has 0 unspecified atom stereocenters. The molecule has 0 saturated carbocycles. The Balaban J connectivity index is 1.62. The Morgan fingerprint density at radius 3 is 2.67 bits per heavy atom. The van der Waals surface area contributed by atoms with Gasteiger partial charge in [0.05, 0.1) is 17.7 Å². The van der Waals surface area contributed by atoms with Crippen LogP contribution in [0.4, 0.5) is 5.69 Å². The Morgan fingerprint density at radius 1 is 1.11 bits per heavy atom. The Hall–Kier alpha value is -3.61. The molecular formula is C20H16N2O5. The van der Waals surface area contributed by atoms with E-state index in [0.717, 1.165) is 10.3 Å². The highest BCUT2D eigenvalue weighted by Gasteiger charge is 2.32. The second-order valence-corrected chi connectivity index (χ2v) is 6.10. The van der Waals surface area contributed by atoms with E-state index >= 15 is 0 Å². The second-order valence-electron chi connectivity index (χ2n) is 6.10. The molecule has 1 N–H and O–H groups in total. The fourth-order valence-electron chi connectivity index (χ4n) is 3.05. The number of nitrogens with zero attached hydrogens (tertiary/aromatic N) is 1. The number of nitrogens with one attached hydrogen (secondary N) is 1. The van der Waals surface area contributed by atoms with Crippen LogP contribution in [0.1, 0.15) is 38.2 Å². The van der Waals surface area contributed by atoms with Crippen molar-refractivity contribution < 1.29 is 23.5 Å². The first-order valence-corrected chi connectivity index (χ1v) is 8.42. The van der Waals surface area contributed by atoms with Gasteiger partial charge in [0, 0.05) is 18.1 Å². The highest BCUT2D eigenvalue weighted by atomic mass is 16.5. The summed E-state index contributed by atoms with van der Waals surface area (Å²) in [7, 11) is 1.42. The highest BCUT2D eigenvalue weighted by molar-refractivity contribution is 6.21. The van der Waals surface area contributed by atoms with Crippen molar-refractivity contribution in [2.24, 2.45) is 0 Å². The van der Waals surface area contributed by atoms with Crippen molar-refractivity contribution in [2.75, 3.05) is 19.0 Å². The van der Waals surface area contributed by atoms with E-state index in [9.17, 15) is 14.4 Å². The Kier molecular flexibility index (Phi) is 3.92. The lowest BCUT2D eigenvalue weighted by Crippen LogP contribution is -2.24. The van der Waals surface area contributed by atoms with Crippen molar-refractivity contribution >= 4 is 34.4 Å². The molecule has 2 heterocycles. The van der Waals surface area contributed by atoms with Crippen LogP contribution < -0.4 is 10.1 Å². The molecular weight excluding hydrogens is 348 g/mol. The summed E-state index contributed by atoms with van der Waals surface area (Å²) in [5, 5.41) is 3.45. The Bertz CT molecular complexity index is 1100. The molecule has 7 heteroatoms. The highest BCUT2D eigenvalue weighted by Crippen LogP contribution is 2.30. The van der Waals surface area contributed by atoms with Crippen molar-refractivity contribution in [3.63, 3.8) is 0 Å². The zero-order chi connectivity index (χ0) is 19.1. The lowest BCUT2D eigenvalue weighted by Gasteiger charge is -2.05. The summed E-state index contributed by atoms with van der Waals surface area (Å²) in [5.41, 5.74) is 1.50. The molecule has 0 spiro atoms. The van der Waals surface area contributed by atoms with Crippen LogP contribution in [0.15, 0.2) is 46.9 Å². The molecule has 7 nitrogen and oxygen atoms in total. The summed E-state index contributed by atoms with van der Waals surface area (Å²) < 4.78 is 11.2. The number of anilines is 1. The van der Waals surface area contributed by atoms with E-state index < -0.39 is 11.8 Å². The smallest absolute Gasteiger partial charge is 0.291 e. The number of carbonyl (C=O) groups excluding carboxylic acids is 3. The van der Waals surface area contributed by atoms with Crippen LogP contribution in [0, 0.1) is 0 Å². The van der Waals surface area contributed by atoms with Crippen LogP contribution in [0.3, 0.4) is 0 Å². The SMILES string of the molecule is CCOc1cccc2cc(C(=O)Nc3ccc4c(c3)C(=O)N(C)C4=O)oc12. The number of benzene rings is 2. The average Bonchev–Trinajstić information content (AvgIpc) is 3.19. The molecule has 1 aliphatic heterocycles. The van der Waals surface area contributed by atoms with E-state index in [1.54, 1.807) is 18.2 Å². The zero-order valence-electron chi connectivity index (χ0n) is 14.7. The lowest BCUT2D eigenvalue weighted by molar-refractivity contribution is 0.0692. The number of furan rings is 1. The summed E-state index contributed by atoms with van der Waals surface area (Å²) in [5.74, 6) is -0.514. The van der Waals surface area contributed by atoms with Crippen LogP contribution in [-0.4, -0.2) is 36.3 Å². The van der Waals surface area contributed by atoms with Crippen LogP contribution in [-0.2, 0) is 0 Å². The van der Waals surface area contributed by atoms with Gasteiger partial charge in [-0.25, -0.2) is 0 Å². The molecule has 3 amide bonds. The fourth-order valence-corrected chi connectivity index (χ4v) is 3.05. The number of para-hydroxylation sites is 1. The number of hydrogen-bond donors (Lipinski definition) is 1. The maximum atomic E-state index is 12.6. The van der Waals surface area contributed by atoms with Gasteiger partial charge >= 0.3 is 0 Å². The summed E-state index contributed by atoms with van der Waals surface area (Å²) in [6.07, 6.45) is 0. The molecule has 1 aliphatic rings. The third-order valence-electron chi connectivity index (χ3n) is 4.38. The van der Waals surface area contributed by atoms with Crippen LogP contribution in [0.25, 0.3) is 11.0 Å². The predicted octanol–water partition coefficient (Wildman–Crippen LogP) is 3.31. The molecule has 2 aromatic carbocycles. The number of amides is 3. The van der Waals surface area contributed by atoms with E-state index in [1.807, 2.05) is 19.1 Å². The second kappa shape index (κ2) is 6.28. The number of imide groups is 1. The topological polar surface area (TPSA) is 88.9 Å². The minimum atomic E-state index is -0.460. The zero-order valence-corrected chi connectivity index (χ0v) is 14.7. The van der Waals surface area contributed by atoms with Gasteiger partial charge in [-0.1, -0.05) is 12.1 Å². The summed E-state index contributed by atoms with van der Waals surface area (Å²) in [6, 6.07) is 11.7. The van der Waals surface area contributed by atoms with Gasteiger partial charge in [-0.15, -0.1) is 0 Å². The molecule has 0 radical (unpaired) electrons. The summed E-state index contributed by atoms with van der Waals surface area (Å²) >= 11 is 0. The Morgan fingerprint density at radius 2 is 1.89 bits per heavy atom. The van der Waals surface area contributed by atoms with E-state index in [1.165, 1.54) is 19.2 Å². The van der Waals surface area contributed by atoms with Crippen LogP contribution in [0.2, 0.25) is 0 Å². The van der Waals surface area contributed by atoms with Gasteiger partial charge in [0.15, 0.2) is 17.1 Å². The predicted molar refractivity (Wildman–Crippen MR) is 98.2 cm³/mol. The first-order valence-electron chi connectivity index (χ1n) is 8.42. The molecule has 3 aromatic rings. The number of carbonyl (C=O) groups is 3. The van der Waals surface area contributed by atoms with Crippen LogP contribution >= 0.6 is 0 Å². The third-order valence-corrected chi connectivity index (χ3v) is 4.38. The molecule has 0 aliphatic carbocycles. The van der Waals surface area contributed by atoms with Gasteiger partial charge in [0.25, 0.3) is 17.7 Å². The molecule has 1 aromatic heterocycles. The van der Waals surface area contributed by atoms with Gasteiger partial charge in [0.1, 0.15) is 0 Å². The van der Waals surface area contributed by atoms with Gasteiger partial charge in [-0.05, 0) is 37.3 Å². The van der Waals surface area contributed by atoms with Crippen molar-refractivity contribution in [1.29, 1.82) is 0 Å². The number of rotatable bonds is 4. The largest absolute Gasteiger partial charge is 0.490 e. The van der Waals surface area contributed by atoms with Crippen molar-refractivity contribution in [3.05, 3.63) is 59.4 Å². The first-order chi connectivity index (χ1) is 13.0. The molecule has 0 saturated heterocycles. The number of hydrogen-bond acceptors (Lipinski definition) is 5. The fraction of sp³-hybridized carbons (Fsp3) is 0.150. The van der Waals surface area contributed by atoms with Crippen molar-refractivity contribution in [1.82, 2.24) is 4.90 Å². The van der Waals surface area contributed by atoms with E-state index in [2.05, 4.69) is 5.32 Å². The minimum Gasteiger partial charge on any atom is -0.490 e. The average molecular weight is 364 g/mol. The van der Waals surface area contributed by atoms with Crippen molar-refractivity contribution in [3.8, 4) is 5.75 Å². The molecule has 27 heavy (non-hydrogen) atoms. The van der Waals surface area contributed by atoms with E-state index in [-0.39, 0.29) is 17.2 Å². The van der Waals surface area contributed by atoms with Gasteiger partial charge < -0.3 is 14.5 Å². The third kappa shape index (κ3) is 2.73. The summed E-state index contributed by atoms with van der Waals surface area (Å²) in [6.45, 7) is 2.35. The normalized spacial score (nSPS) is 13.2. The minimum absolute atomic E-state index is 0.122. The molecule has 0 bridgehead atoms. The quantitative estimate of drug-likeness (QED) is 0.718. The van der Waals surface area contributed by atoms with Crippen molar-refractivity contribution in [2.45, 2.75) is 6.92 Å². The lowest BCUT2D eigenvalue weighted by atomic mass is 10.1. The Labute approximate surface area is 154 Å². The standard InChI is InChI=1S/C20H16N2O5/c1-3-26-15-6-4-5-11-9-16(27-17(11)15)18(23)21-12-7-8-13-14(10-12)20(25)22(2)19(13)24/h4-10H,3H2,1-2H3,(H,21,23). The van der Waals surface area contributed by atoms with E-state index in [4.69, 9.17) is 9.15 Å². The first kappa shape index (κ1) is 16.8. The summed E-state index contributed by atoms with van der Waals surface area (Å²) in [4.78, 5) is 37.6. The molecule has 4 rings (SSSR count). The molecule has 136 valence electrons. The monoisotopic (exact) mass is 364 g/mol. The van der Waals surface area contributed by atoms with E-state index in [0.29, 0.717) is 29.2 Å². The van der Waals surface area contributed by atoms with Gasteiger partial charge in [0.2, 0.25) is 0 Å².